The maximum atomic E-state index is 15.0. The minimum Gasteiger partial charge on any atom is -0.487 e. The van der Waals surface area contributed by atoms with E-state index in [1.807, 2.05) is 36.5 Å². The Hall–Kier alpha value is -2.77. The average molecular weight is 493 g/mol. The van der Waals surface area contributed by atoms with Crippen LogP contribution in [0.15, 0.2) is 53.7 Å². The second-order valence-corrected chi connectivity index (χ2v) is 10.3. The molecule has 2 fully saturated rings. The molecule has 2 aromatic heterocycles. The molecule has 2 aliphatic heterocycles. The fourth-order valence-electron chi connectivity index (χ4n) is 5.53. The van der Waals surface area contributed by atoms with E-state index < -0.39 is 12.3 Å². The van der Waals surface area contributed by atoms with Crippen LogP contribution >= 0.6 is 0 Å². The Labute approximate surface area is 212 Å². The molecule has 3 aromatic rings. The number of unbranched alkanes of at least 4 members (excludes halogenated alkanes) is 1. The van der Waals surface area contributed by atoms with Crippen molar-refractivity contribution in [3.05, 3.63) is 59.3 Å². The summed E-state index contributed by atoms with van der Waals surface area (Å²) in [6.07, 6.45) is 8.95. The monoisotopic (exact) mass is 492 g/mol. The van der Waals surface area contributed by atoms with Gasteiger partial charge in [-0.15, -0.1) is 0 Å². The quantitative estimate of drug-likeness (QED) is 0.496. The van der Waals surface area contributed by atoms with Gasteiger partial charge in [0, 0.05) is 50.3 Å². The zero-order valence-corrected chi connectivity index (χ0v) is 21.2. The molecule has 1 aromatic carbocycles. The van der Waals surface area contributed by atoms with Crippen LogP contribution in [0.3, 0.4) is 0 Å². The average Bonchev–Trinajstić information content (AvgIpc) is 2.91. The highest BCUT2D eigenvalue weighted by molar-refractivity contribution is 5.95. The van der Waals surface area contributed by atoms with Crippen molar-refractivity contribution in [2.75, 3.05) is 32.7 Å². The van der Waals surface area contributed by atoms with E-state index in [0.29, 0.717) is 36.6 Å². The van der Waals surface area contributed by atoms with Crippen LogP contribution in [0.5, 0.6) is 5.75 Å². The van der Waals surface area contributed by atoms with Crippen LogP contribution in [0.2, 0.25) is 0 Å². The molecule has 0 saturated carbocycles. The molecule has 0 unspecified atom stereocenters. The molecule has 36 heavy (non-hydrogen) atoms. The summed E-state index contributed by atoms with van der Waals surface area (Å²) in [7, 11) is 0. The van der Waals surface area contributed by atoms with Gasteiger partial charge in [-0.05, 0) is 73.8 Å². The Bertz CT molecular complexity index is 1210. The van der Waals surface area contributed by atoms with Crippen LogP contribution in [-0.2, 0) is 6.54 Å². The van der Waals surface area contributed by atoms with Crippen molar-refractivity contribution < 1.29 is 9.13 Å². The lowest BCUT2D eigenvalue weighted by atomic mass is 9.96. The summed E-state index contributed by atoms with van der Waals surface area (Å²) in [6.45, 7) is 7.28. The molecule has 0 spiro atoms. The molecule has 2 saturated heterocycles. The number of nitrogens with one attached hydrogen (secondary N) is 1. The summed E-state index contributed by atoms with van der Waals surface area (Å²) in [6, 6.07) is 9.72. The SMILES string of the molecule is CCCCn1cc(-c2ccc(O[C@H]3CCN(CC4CCNCC4)C[C@@H]3F)cc2)c2ccncc2c1=O. The minimum absolute atomic E-state index is 0.00395. The van der Waals surface area contributed by atoms with E-state index in [1.165, 1.54) is 12.8 Å². The topological polar surface area (TPSA) is 59.4 Å². The predicted molar refractivity (Wildman–Crippen MR) is 142 cm³/mol. The Morgan fingerprint density at radius 2 is 1.92 bits per heavy atom. The number of aromatic nitrogens is 2. The number of halogens is 1. The number of ether oxygens (including phenoxy) is 1. The van der Waals surface area contributed by atoms with Gasteiger partial charge in [-0.3, -0.25) is 14.7 Å². The zero-order valence-electron chi connectivity index (χ0n) is 21.2. The highest BCUT2D eigenvalue weighted by Crippen LogP contribution is 2.29. The first kappa shape index (κ1) is 24.9. The summed E-state index contributed by atoms with van der Waals surface area (Å²) < 4.78 is 22.9. The fourth-order valence-corrected chi connectivity index (χ4v) is 5.53. The van der Waals surface area contributed by atoms with Gasteiger partial charge in [0.05, 0.1) is 5.39 Å². The van der Waals surface area contributed by atoms with E-state index >= 15 is 4.39 Å². The number of pyridine rings is 2. The van der Waals surface area contributed by atoms with Crippen LogP contribution in [0, 0.1) is 5.92 Å². The summed E-state index contributed by atoms with van der Waals surface area (Å²) in [5, 5.41) is 4.92. The van der Waals surface area contributed by atoms with Crippen LogP contribution in [0.1, 0.15) is 39.0 Å². The first-order valence-electron chi connectivity index (χ1n) is 13.4. The summed E-state index contributed by atoms with van der Waals surface area (Å²) >= 11 is 0. The van der Waals surface area contributed by atoms with E-state index in [-0.39, 0.29) is 5.56 Å². The highest BCUT2D eigenvalue weighted by atomic mass is 19.1. The predicted octanol–water partition coefficient (Wildman–Crippen LogP) is 4.65. The number of fused-ring (bicyclic) bond motifs is 1. The lowest BCUT2D eigenvalue weighted by Gasteiger charge is -2.37. The lowest BCUT2D eigenvalue weighted by Crippen LogP contribution is -2.49. The van der Waals surface area contributed by atoms with E-state index in [1.54, 1.807) is 17.0 Å². The van der Waals surface area contributed by atoms with Crippen molar-refractivity contribution in [3.63, 3.8) is 0 Å². The number of nitrogens with zero attached hydrogens (tertiary/aromatic N) is 3. The zero-order chi connectivity index (χ0) is 24.9. The Kier molecular flexibility index (Phi) is 7.97. The van der Waals surface area contributed by atoms with Crippen LogP contribution in [-0.4, -0.2) is 59.5 Å². The summed E-state index contributed by atoms with van der Waals surface area (Å²) in [4.78, 5) is 19.4. The van der Waals surface area contributed by atoms with Gasteiger partial charge < -0.3 is 14.6 Å². The van der Waals surface area contributed by atoms with Gasteiger partial charge in [-0.2, -0.15) is 0 Å². The van der Waals surface area contributed by atoms with Crippen molar-refractivity contribution in [2.45, 2.75) is 57.8 Å². The lowest BCUT2D eigenvalue weighted by molar-refractivity contribution is 0.0150. The molecular formula is C29H37FN4O2. The molecular weight excluding hydrogens is 455 g/mol. The number of piperidine rings is 2. The van der Waals surface area contributed by atoms with Gasteiger partial charge in [0.1, 0.15) is 18.0 Å². The second-order valence-electron chi connectivity index (χ2n) is 10.3. The first-order chi connectivity index (χ1) is 17.6. The normalized spacial score (nSPS) is 21.6. The summed E-state index contributed by atoms with van der Waals surface area (Å²) in [5.41, 5.74) is 1.98. The Morgan fingerprint density at radius 3 is 2.67 bits per heavy atom. The van der Waals surface area contributed by atoms with Crippen molar-refractivity contribution in [1.82, 2.24) is 19.8 Å². The van der Waals surface area contributed by atoms with Crippen molar-refractivity contribution in [1.29, 1.82) is 0 Å². The smallest absolute Gasteiger partial charge is 0.260 e. The van der Waals surface area contributed by atoms with E-state index in [0.717, 1.165) is 55.5 Å². The van der Waals surface area contributed by atoms with E-state index in [9.17, 15) is 4.79 Å². The minimum atomic E-state index is -0.987. The number of alkyl halides is 1. The molecule has 0 bridgehead atoms. The number of likely N-dealkylation sites (tertiary alicyclic amines) is 1. The van der Waals surface area contributed by atoms with Crippen molar-refractivity contribution in [3.8, 4) is 16.9 Å². The number of hydrogen-bond acceptors (Lipinski definition) is 5. The van der Waals surface area contributed by atoms with Crippen LogP contribution < -0.4 is 15.6 Å². The van der Waals surface area contributed by atoms with Gasteiger partial charge in [-0.1, -0.05) is 25.5 Å². The van der Waals surface area contributed by atoms with Gasteiger partial charge >= 0.3 is 0 Å². The van der Waals surface area contributed by atoms with E-state index in [4.69, 9.17) is 4.74 Å². The van der Waals surface area contributed by atoms with Crippen molar-refractivity contribution >= 4 is 10.8 Å². The first-order valence-corrected chi connectivity index (χ1v) is 13.4. The van der Waals surface area contributed by atoms with Gasteiger partial charge in [0.15, 0.2) is 0 Å². The Balaban J connectivity index is 1.27. The number of aryl methyl sites for hydroxylation is 1. The maximum absolute atomic E-state index is 15.0. The molecule has 7 heteroatoms. The van der Waals surface area contributed by atoms with E-state index in [2.05, 4.69) is 22.1 Å². The summed E-state index contributed by atoms with van der Waals surface area (Å²) in [5.74, 6) is 1.36. The Morgan fingerprint density at radius 1 is 1.11 bits per heavy atom. The molecule has 2 aliphatic rings. The molecule has 6 nitrogen and oxygen atoms in total. The molecule has 0 aliphatic carbocycles. The maximum Gasteiger partial charge on any atom is 0.260 e. The van der Waals surface area contributed by atoms with Crippen molar-refractivity contribution in [2.24, 2.45) is 5.92 Å². The molecule has 5 rings (SSSR count). The third kappa shape index (κ3) is 5.62. The van der Waals surface area contributed by atoms with Gasteiger partial charge in [0.25, 0.3) is 5.56 Å². The van der Waals surface area contributed by atoms with Gasteiger partial charge in [-0.25, -0.2) is 4.39 Å². The molecule has 1 N–H and O–H groups in total. The third-order valence-electron chi connectivity index (χ3n) is 7.63. The van der Waals surface area contributed by atoms with Gasteiger partial charge in [0.2, 0.25) is 0 Å². The number of hydrogen-bond donors (Lipinski definition) is 1. The standard InChI is InChI=1S/C29H37FN4O2/c1-2-3-15-34-19-26(24-10-14-32-17-25(24)29(34)35)22-4-6-23(7-5-22)36-28-11-16-33(20-27(28)30)18-21-8-12-31-13-9-21/h4-7,10,14,17,19,21,27-28,31H,2-3,8-9,11-13,15-16,18,20H2,1H3/t27-,28-/m0/s1. The highest BCUT2D eigenvalue weighted by Gasteiger charge is 2.32. The fraction of sp³-hybridized carbons (Fsp3) is 0.517. The van der Waals surface area contributed by atoms with Crippen LogP contribution in [0.25, 0.3) is 21.9 Å². The largest absolute Gasteiger partial charge is 0.487 e. The third-order valence-corrected chi connectivity index (χ3v) is 7.63. The molecule has 192 valence electrons. The number of rotatable bonds is 8. The molecule has 0 amide bonds. The molecule has 0 radical (unpaired) electrons. The molecule has 2 atom stereocenters. The molecule has 4 heterocycles. The second kappa shape index (κ2) is 11.5. The number of benzene rings is 1. The van der Waals surface area contributed by atoms with Crippen LogP contribution in [0.4, 0.5) is 4.39 Å².